The largest absolute Gasteiger partial charge is 0.459 e. The molecule has 0 aromatic carbocycles. The van der Waals surface area contributed by atoms with Gasteiger partial charge in [-0.2, -0.15) is 0 Å². The maximum Gasteiger partial charge on any atom is 0.290 e. The first-order valence-corrected chi connectivity index (χ1v) is 6.79. The molecular formula is C14H23ClN2O2. The van der Waals surface area contributed by atoms with E-state index >= 15 is 0 Å². The molecule has 0 atom stereocenters. The van der Waals surface area contributed by atoms with E-state index in [0.29, 0.717) is 11.8 Å². The summed E-state index contributed by atoms with van der Waals surface area (Å²) in [5.41, 5.74) is 0.926. The molecule has 0 aliphatic carbocycles. The van der Waals surface area contributed by atoms with Gasteiger partial charge in [-0.15, -0.1) is 12.4 Å². The molecule has 1 aliphatic rings. The zero-order valence-corrected chi connectivity index (χ0v) is 12.5. The molecule has 0 radical (unpaired) electrons. The van der Waals surface area contributed by atoms with Crippen LogP contribution in [0.15, 0.2) is 16.7 Å². The maximum atomic E-state index is 12.5. The number of nitrogens with zero attached hydrogens (tertiary/aromatic N) is 1. The van der Waals surface area contributed by atoms with Crippen LogP contribution in [0.4, 0.5) is 0 Å². The highest BCUT2D eigenvalue weighted by molar-refractivity contribution is 5.93. The van der Waals surface area contributed by atoms with Gasteiger partial charge in [-0.25, -0.2) is 0 Å². The summed E-state index contributed by atoms with van der Waals surface area (Å²) in [6, 6.07) is 2.20. The average molecular weight is 287 g/mol. The second kappa shape index (κ2) is 7.56. The van der Waals surface area contributed by atoms with E-state index in [4.69, 9.17) is 4.42 Å². The number of piperidine rings is 1. The van der Waals surface area contributed by atoms with E-state index in [1.54, 1.807) is 6.26 Å². The van der Waals surface area contributed by atoms with Crippen LogP contribution >= 0.6 is 12.4 Å². The lowest BCUT2D eigenvalue weighted by Gasteiger charge is -2.34. The highest BCUT2D eigenvalue weighted by Crippen LogP contribution is 2.18. The number of nitrogens with one attached hydrogen (secondary N) is 1. The fraction of sp³-hybridized carbons (Fsp3) is 0.643. The van der Waals surface area contributed by atoms with E-state index in [1.807, 2.05) is 17.9 Å². The zero-order valence-electron chi connectivity index (χ0n) is 11.6. The molecular weight excluding hydrogens is 264 g/mol. The Morgan fingerprint density at radius 2 is 2.16 bits per heavy atom. The van der Waals surface area contributed by atoms with E-state index in [9.17, 15) is 4.79 Å². The van der Waals surface area contributed by atoms with Gasteiger partial charge < -0.3 is 14.6 Å². The molecule has 1 aliphatic heterocycles. The first-order valence-electron chi connectivity index (χ1n) is 6.79. The van der Waals surface area contributed by atoms with E-state index in [0.717, 1.165) is 44.5 Å². The Hall–Kier alpha value is -1.00. The quantitative estimate of drug-likeness (QED) is 0.925. The van der Waals surface area contributed by atoms with Crippen LogP contribution < -0.4 is 5.32 Å². The number of amides is 1. The Labute approximate surface area is 120 Å². The summed E-state index contributed by atoms with van der Waals surface area (Å²) in [5, 5.41) is 3.34. The first kappa shape index (κ1) is 16.1. The number of hydrogen-bond acceptors (Lipinski definition) is 3. The summed E-state index contributed by atoms with van der Waals surface area (Å²) >= 11 is 0. The van der Waals surface area contributed by atoms with Crippen LogP contribution in [0.5, 0.6) is 0 Å². The van der Waals surface area contributed by atoms with Crippen LogP contribution in [-0.4, -0.2) is 36.5 Å². The van der Waals surface area contributed by atoms with Crippen molar-refractivity contribution in [3.8, 4) is 0 Å². The molecule has 1 fully saturated rings. The molecule has 1 saturated heterocycles. The smallest absolute Gasteiger partial charge is 0.290 e. The number of halogens is 1. The van der Waals surface area contributed by atoms with Crippen LogP contribution in [0, 0.1) is 6.92 Å². The summed E-state index contributed by atoms with van der Waals surface area (Å²) in [4.78, 5) is 14.5. The molecule has 0 bridgehead atoms. The second-order valence-corrected chi connectivity index (χ2v) is 4.91. The zero-order chi connectivity index (χ0) is 13.0. The summed E-state index contributed by atoms with van der Waals surface area (Å²) in [6.07, 6.45) is 4.64. The van der Waals surface area contributed by atoms with Crippen LogP contribution in [0.1, 0.15) is 42.3 Å². The van der Waals surface area contributed by atoms with Crippen molar-refractivity contribution in [3.63, 3.8) is 0 Å². The molecule has 2 heterocycles. The molecule has 0 spiro atoms. The summed E-state index contributed by atoms with van der Waals surface area (Å²) < 4.78 is 5.34. The van der Waals surface area contributed by atoms with E-state index in [2.05, 4.69) is 12.2 Å². The van der Waals surface area contributed by atoms with Crippen LogP contribution in [0.2, 0.25) is 0 Å². The molecule has 0 saturated carbocycles. The molecule has 19 heavy (non-hydrogen) atoms. The van der Waals surface area contributed by atoms with Crippen molar-refractivity contribution in [3.05, 3.63) is 23.7 Å². The fourth-order valence-electron chi connectivity index (χ4n) is 2.53. The van der Waals surface area contributed by atoms with Gasteiger partial charge in [-0.05, 0) is 45.3 Å². The third-order valence-corrected chi connectivity index (χ3v) is 3.53. The second-order valence-electron chi connectivity index (χ2n) is 4.91. The highest BCUT2D eigenvalue weighted by Gasteiger charge is 2.27. The lowest BCUT2D eigenvalue weighted by atomic mass is 10.0. The van der Waals surface area contributed by atoms with E-state index in [1.165, 1.54) is 0 Å². The molecule has 2 rings (SSSR count). The summed E-state index contributed by atoms with van der Waals surface area (Å²) in [6.45, 7) is 6.83. The van der Waals surface area contributed by atoms with Gasteiger partial charge in [0.1, 0.15) is 0 Å². The van der Waals surface area contributed by atoms with Gasteiger partial charge in [-0.3, -0.25) is 4.79 Å². The normalized spacial score (nSPS) is 15.9. The molecule has 1 aromatic heterocycles. The van der Waals surface area contributed by atoms with Gasteiger partial charge in [0, 0.05) is 18.2 Å². The number of furan rings is 1. The molecule has 108 valence electrons. The highest BCUT2D eigenvalue weighted by atomic mass is 35.5. The fourth-order valence-corrected chi connectivity index (χ4v) is 2.53. The average Bonchev–Trinajstić information content (AvgIpc) is 2.82. The number of carbonyl (C=O) groups is 1. The maximum absolute atomic E-state index is 12.5. The number of rotatable bonds is 4. The lowest BCUT2D eigenvalue weighted by Crippen LogP contribution is -2.46. The summed E-state index contributed by atoms with van der Waals surface area (Å²) in [7, 11) is 0. The number of aryl methyl sites for hydroxylation is 1. The topological polar surface area (TPSA) is 45.5 Å². The van der Waals surface area contributed by atoms with Crippen molar-refractivity contribution in [2.45, 2.75) is 39.2 Å². The van der Waals surface area contributed by atoms with Crippen molar-refractivity contribution in [2.24, 2.45) is 0 Å². The Kier molecular flexibility index (Phi) is 6.38. The SMILES string of the molecule is CCCN(C(=O)c1occc1C)C1CCNCC1.Cl. The van der Waals surface area contributed by atoms with Crippen LogP contribution in [0.25, 0.3) is 0 Å². The van der Waals surface area contributed by atoms with Gasteiger partial charge >= 0.3 is 0 Å². The Bertz CT molecular complexity index is 400. The van der Waals surface area contributed by atoms with E-state index < -0.39 is 0 Å². The minimum absolute atomic E-state index is 0. The third-order valence-electron chi connectivity index (χ3n) is 3.53. The van der Waals surface area contributed by atoms with Crippen molar-refractivity contribution < 1.29 is 9.21 Å². The van der Waals surface area contributed by atoms with Crippen molar-refractivity contribution in [1.29, 1.82) is 0 Å². The molecule has 1 aromatic rings. The first-order chi connectivity index (χ1) is 8.74. The van der Waals surface area contributed by atoms with Crippen molar-refractivity contribution in [1.82, 2.24) is 10.2 Å². The Morgan fingerprint density at radius 3 is 2.68 bits per heavy atom. The van der Waals surface area contributed by atoms with Gasteiger partial charge in [0.15, 0.2) is 5.76 Å². The predicted molar refractivity (Wildman–Crippen MR) is 77.9 cm³/mol. The minimum atomic E-state index is 0. The Morgan fingerprint density at radius 1 is 1.47 bits per heavy atom. The molecule has 4 nitrogen and oxygen atoms in total. The molecule has 1 N–H and O–H groups in total. The number of hydrogen-bond donors (Lipinski definition) is 1. The molecule has 5 heteroatoms. The van der Waals surface area contributed by atoms with Gasteiger partial charge in [0.05, 0.1) is 6.26 Å². The predicted octanol–water partition coefficient (Wildman–Crippen LogP) is 2.61. The van der Waals surface area contributed by atoms with Crippen molar-refractivity contribution >= 4 is 18.3 Å². The van der Waals surface area contributed by atoms with Gasteiger partial charge in [0.2, 0.25) is 0 Å². The summed E-state index contributed by atoms with van der Waals surface area (Å²) in [5.74, 6) is 0.549. The van der Waals surface area contributed by atoms with Crippen LogP contribution in [-0.2, 0) is 0 Å². The Balaban J connectivity index is 0.00000180. The number of carbonyl (C=O) groups excluding carboxylic acids is 1. The lowest BCUT2D eigenvalue weighted by molar-refractivity contribution is 0.0609. The van der Waals surface area contributed by atoms with Gasteiger partial charge in [-0.1, -0.05) is 6.92 Å². The third kappa shape index (κ3) is 3.74. The standard InChI is InChI=1S/C14H22N2O2.ClH/c1-3-9-16(12-4-7-15-8-5-12)14(17)13-11(2)6-10-18-13;/h6,10,12,15H,3-5,7-9H2,1-2H3;1H. The molecule has 0 unspecified atom stereocenters. The van der Waals surface area contributed by atoms with Gasteiger partial charge in [0.25, 0.3) is 5.91 Å². The van der Waals surface area contributed by atoms with Crippen molar-refractivity contribution in [2.75, 3.05) is 19.6 Å². The minimum Gasteiger partial charge on any atom is -0.459 e. The molecule has 1 amide bonds. The van der Waals surface area contributed by atoms with Crippen LogP contribution in [0.3, 0.4) is 0 Å². The van der Waals surface area contributed by atoms with E-state index in [-0.39, 0.29) is 18.3 Å². The monoisotopic (exact) mass is 286 g/mol.